The number of nitro groups is 1. The summed E-state index contributed by atoms with van der Waals surface area (Å²) in [6.45, 7) is 1.77. The number of nitrogens with one attached hydrogen (secondary N) is 1. The first-order valence-electron chi connectivity index (χ1n) is 5.82. The zero-order valence-corrected chi connectivity index (χ0v) is 12.5. The first-order chi connectivity index (χ1) is 9.90. The second-order valence-corrected chi connectivity index (χ2v) is 5.05. The van der Waals surface area contributed by atoms with E-state index in [1.807, 2.05) is 0 Å². The first kappa shape index (κ1) is 14.9. The summed E-state index contributed by atoms with van der Waals surface area (Å²) in [5, 5.41) is 18.4. The predicted octanol–water partition coefficient (Wildman–Crippen LogP) is 3.14. The maximum Gasteiger partial charge on any atom is 0.273 e. The van der Waals surface area contributed by atoms with Crippen LogP contribution < -0.4 is 10.5 Å². The lowest BCUT2D eigenvalue weighted by molar-refractivity contribution is -0.384. The third kappa shape index (κ3) is 3.16. The maximum atomic E-state index is 10.8. The number of nitrogens with zero attached hydrogens (tertiary/aromatic N) is 2. The molecule has 0 radical (unpaired) electrons. The number of halogens is 1. The smallest absolute Gasteiger partial charge is 0.273 e. The highest BCUT2D eigenvalue weighted by Crippen LogP contribution is 2.33. The topological polar surface area (TPSA) is 115 Å². The van der Waals surface area contributed by atoms with E-state index in [0.717, 1.165) is 5.56 Å². The van der Waals surface area contributed by atoms with Crippen molar-refractivity contribution in [3.8, 4) is 11.6 Å². The molecule has 0 aliphatic rings. The molecule has 1 heterocycles. The number of aryl methyl sites for hydroxylation is 1. The van der Waals surface area contributed by atoms with E-state index < -0.39 is 4.92 Å². The Labute approximate surface area is 128 Å². The number of benzene rings is 1. The van der Waals surface area contributed by atoms with Gasteiger partial charge in [0, 0.05) is 12.3 Å². The number of hydrogen-bond acceptors (Lipinski definition) is 5. The molecule has 2 aromatic rings. The average Bonchev–Trinajstić information content (AvgIpc) is 2.40. The van der Waals surface area contributed by atoms with Crippen molar-refractivity contribution in [2.45, 2.75) is 6.92 Å². The fraction of sp³-hybridized carbons (Fsp3) is 0.0769. The van der Waals surface area contributed by atoms with Gasteiger partial charge < -0.3 is 10.5 Å². The molecule has 1 aromatic heterocycles. The van der Waals surface area contributed by atoms with E-state index in [1.165, 1.54) is 24.4 Å². The van der Waals surface area contributed by atoms with Crippen LogP contribution in [0.25, 0.3) is 0 Å². The van der Waals surface area contributed by atoms with Gasteiger partial charge in [0.15, 0.2) is 5.75 Å². The Morgan fingerprint density at radius 3 is 2.81 bits per heavy atom. The first-order valence-corrected chi connectivity index (χ1v) is 6.61. The monoisotopic (exact) mass is 350 g/mol. The van der Waals surface area contributed by atoms with Crippen LogP contribution in [0.4, 0.5) is 5.69 Å². The molecule has 2 rings (SSSR count). The lowest BCUT2D eigenvalue weighted by atomic mass is 10.1. The van der Waals surface area contributed by atoms with Crippen molar-refractivity contribution in [3.05, 3.63) is 56.2 Å². The van der Waals surface area contributed by atoms with E-state index >= 15 is 0 Å². The van der Waals surface area contributed by atoms with E-state index in [2.05, 4.69) is 20.9 Å². The van der Waals surface area contributed by atoms with Gasteiger partial charge in [-0.15, -0.1) is 0 Å². The molecule has 0 unspecified atom stereocenters. The highest BCUT2D eigenvalue weighted by atomic mass is 79.9. The molecule has 3 N–H and O–H groups in total. The van der Waals surface area contributed by atoms with Gasteiger partial charge in [0.2, 0.25) is 5.88 Å². The lowest BCUT2D eigenvalue weighted by Crippen LogP contribution is -2.15. The summed E-state index contributed by atoms with van der Waals surface area (Å²) in [5.41, 5.74) is 6.51. The molecule has 21 heavy (non-hydrogen) atoms. The Balaban J connectivity index is 2.48. The van der Waals surface area contributed by atoms with Crippen LogP contribution in [0.15, 0.2) is 34.9 Å². The molecule has 0 fully saturated rings. The van der Waals surface area contributed by atoms with Crippen molar-refractivity contribution < 1.29 is 9.66 Å². The standard InChI is InChI=1S/C13H11BrN4O3/c1-7-4-5-17-13(11(7)12(15)16)21-10-6-8(18(19)20)2-3-9(10)14/h2-6H,1H3,(H3,15,16). The van der Waals surface area contributed by atoms with E-state index in [0.29, 0.717) is 10.0 Å². The molecular weight excluding hydrogens is 340 g/mol. The number of hydrogen-bond donors (Lipinski definition) is 2. The van der Waals surface area contributed by atoms with Gasteiger partial charge in [-0.25, -0.2) is 4.98 Å². The van der Waals surface area contributed by atoms with E-state index in [1.54, 1.807) is 13.0 Å². The summed E-state index contributed by atoms with van der Waals surface area (Å²) in [7, 11) is 0. The van der Waals surface area contributed by atoms with Crippen molar-refractivity contribution in [1.29, 1.82) is 5.41 Å². The molecule has 0 bridgehead atoms. The molecule has 0 spiro atoms. The predicted molar refractivity (Wildman–Crippen MR) is 80.9 cm³/mol. The van der Waals surface area contributed by atoms with E-state index in [4.69, 9.17) is 15.9 Å². The number of aromatic nitrogens is 1. The van der Waals surface area contributed by atoms with Crippen LogP contribution in [-0.4, -0.2) is 15.7 Å². The number of nitro benzene ring substituents is 1. The summed E-state index contributed by atoms with van der Waals surface area (Å²) in [4.78, 5) is 14.3. The molecule has 7 nitrogen and oxygen atoms in total. The minimum atomic E-state index is -0.519. The zero-order valence-electron chi connectivity index (χ0n) is 11.0. The zero-order chi connectivity index (χ0) is 15.6. The van der Waals surface area contributed by atoms with Crippen LogP contribution in [0.5, 0.6) is 11.6 Å². The van der Waals surface area contributed by atoms with Gasteiger partial charge in [0.25, 0.3) is 5.69 Å². The third-order valence-corrected chi connectivity index (χ3v) is 3.38. The molecule has 1 aromatic carbocycles. The van der Waals surface area contributed by atoms with Crippen molar-refractivity contribution in [2.24, 2.45) is 5.73 Å². The van der Waals surface area contributed by atoms with Gasteiger partial charge in [-0.05, 0) is 40.5 Å². The number of nitrogens with two attached hydrogens (primary N) is 1. The van der Waals surface area contributed by atoms with Gasteiger partial charge >= 0.3 is 0 Å². The van der Waals surface area contributed by atoms with Crippen LogP contribution in [0, 0.1) is 22.4 Å². The molecular formula is C13H11BrN4O3. The van der Waals surface area contributed by atoms with Crippen LogP contribution >= 0.6 is 15.9 Å². The van der Waals surface area contributed by atoms with Gasteiger partial charge in [0.05, 0.1) is 21.0 Å². The SMILES string of the molecule is Cc1ccnc(Oc2cc([N+](=O)[O-])ccc2Br)c1C(=N)N. The lowest BCUT2D eigenvalue weighted by Gasteiger charge is -2.12. The molecule has 0 atom stereocenters. The van der Waals surface area contributed by atoms with Gasteiger partial charge in [-0.2, -0.15) is 0 Å². The third-order valence-electron chi connectivity index (χ3n) is 2.73. The van der Waals surface area contributed by atoms with Crippen molar-refractivity contribution >= 4 is 27.5 Å². The van der Waals surface area contributed by atoms with Crippen molar-refractivity contribution in [2.75, 3.05) is 0 Å². The second kappa shape index (κ2) is 5.88. The fourth-order valence-electron chi connectivity index (χ4n) is 1.73. The Morgan fingerprint density at radius 1 is 1.48 bits per heavy atom. The molecule has 8 heteroatoms. The summed E-state index contributed by atoms with van der Waals surface area (Å²) in [6, 6.07) is 5.84. The Kier molecular flexibility index (Phi) is 4.18. The summed E-state index contributed by atoms with van der Waals surface area (Å²) in [6.07, 6.45) is 1.52. The highest BCUT2D eigenvalue weighted by molar-refractivity contribution is 9.10. The normalized spacial score (nSPS) is 10.2. The summed E-state index contributed by atoms with van der Waals surface area (Å²) in [5.74, 6) is 0.172. The Hall–Kier alpha value is -2.48. The van der Waals surface area contributed by atoms with Crippen molar-refractivity contribution in [1.82, 2.24) is 4.98 Å². The largest absolute Gasteiger partial charge is 0.437 e. The quantitative estimate of drug-likeness (QED) is 0.380. The van der Waals surface area contributed by atoms with E-state index in [-0.39, 0.29) is 23.2 Å². The Bertz CT molecular complexity index is 733. The fourth-order valence-corrected chi connectivity index (χ4v) is 2.05. The number of amidine groups is 1. The van der Waals surface area contributed by atoms with Crippen molar-refractivity contribution in [3.63, 3.8) is 0 Å². The summed E-state index contributed by atoms with van der Waals surface area (Å²) < 4.78 is 6.12. The number of rotatable bonds is 4. The van der Waals surface area contributed by atoms with Crippen LogP contribution in [0.3, 0.4) is 0 Å². The number of ether oxygens (including phenoxy) is 1. The molecule has 0 aliphatic heterocycles. The average molecular weight is 351 g/mol. The molecule has 108 valence electrons. The van der Waals surface area contributed by atoms with Gasteiger partial charge in [-0.1, -0.05) is 0 Å². The van der Waals surface area contributed by atoms with E-state index in [9.17, 15) is 10.1 Å². The number of pyridine rings is 1. The minimum absolute atomic E-state index is 0.106. The van der Waals surface area contributed by atoms with Crippen LogP contribution in [0.2, 0.25) is 0 Å². The number of nitrogen functional groups attached to an aromatic ring is 1. The summed E-state index contributed by atoms with van der Waals surface area (Å²) >= 11 is 3.26. The van der Waals surface area contributed by atoms with Gasteiger partial charge in [-0.3, -0.25) is 15.5 Å². The van der Waals surface area contributed by atoms with Crippen LogP contribution in [0.1, 0.15) is 11.1 Å². The molecule has 0 aliphatic carbocycles. The van der Waals surface area contributed by atoms with Gasteiger partial charge in [0.1, 0.15) is 5.84 Å². The maximum absolute atomic E-state index is 10.8. The number of non-ortho nitro benzene ring substituents is 1. The highest BCUT2D eigenvalue weighted by Gasteiger charge is 2.16. The molecule has 0 saturated heterocycles. The second-order valence-electron chi connectivity index (χ2n) is 4.20. The minimum Gasteiger partial charge on any atom is -0.437 e. The molecule has 0 saturated carbocycles. The van der Waals surface area contributed by atoms with Crippen LogP contribution in [-0.2, 0) is 0 Å². The Morgan fingerprint density at radius 2 is 2.19 bits per heavy atom. The molecule has 0 amide bonds.